The van der Waals surface area contributed by atoms with Crippen LogP contribution in [0, 0.1) is 0 Å². The van der Waals surface area contributed by atoms with Crippen molar-refractivity contribution in [2.75, 3.05) is 0 Å². The Bertz CT molecular complexity index is 3140. The molecule has 4 heteroatoms. The molecule has 3 nitrogen and oxygen atoms in total. The summed E-state index contributed by atoms with van der Waals surface area (Å²) in [6, 6.07) is 67.2. The summed E-state index contributed by atoms with van der Waals surface area (Å²) in [5.41, 5.74) is 7.71. The fourth-order valence-corrected chi connectivity index (χ4v) is 9.33. The summed E-state index contributed by atoms with van der Waals surface area (Å²) < 4.78 is 2.45. The van der Waals surface area contributed by atoms with Gasteiger partial charge >= 0.3 is 0 Å². The summed E-state index contributed by atoms with van der Waals surface area (Å²) in [4.78, 5) is 10.5. The molecule has 258 valence electrons. The third-order valence-electron chi connectivity index (χ3n) is 10.8. The van der Waals surface area contributed by atoms with Gasteiger partial charge in [0.05, 0.1) is 12.0 Å². The van der Waals surface area contributed by atoms with Crippen molar-refractivity contribution in [2.45, 2.75) is 6.17 Å². The van der Waals surface area contributed by atoms with Gasteiger partial charge in [0.15, 0.2) is 0 Å². The Labute approximate surface area is 322 Å². The van der Waals surface area contributed by atoms with Crippen LogP contribution in [-0.2, 0) is 0 Å². The summed E-state index contributed by atoms with van der Waals surface area (Å²) in [6.07, 6.45) is -0.439. The van der Waals surface area contributed by atoms with E-state index in [-0.39, 0.29) is 0 Å². The Hall–Kier alpha value is -6.88. The summed E-state index contributed by atoms with van der Waals surface area (Å²) >= 11 is 1.82. The number of hydrogen-bond acceptors (Lipinski definition) is 3. The van der Waals surface area contributed by atoms with Crippen LogP contribution in [0.3, 0.4) is 0 Å². The van der Waals surface area contributed by atoms with Gasteiger partial charge in [0, 0.05) is 25.7 Å². The van der Waals surface area contributed by atoms with Crippen molar-refractivity contribution in [3.8, 4) is 22.3 Å². The van der Waals surface area contributed by atoms with Gasteiger partial charge in [-0.3, -0.25) is 4.99 Å². The van der Waals surface area contributed by atoms with Crippen LogP contribution in [0.1, 0.15) is 22.9 Å². The normalized spacial score (nSPS) is 14.4. The monoisotopic (exact) mass is 718 g/mol. The number of amidine groups is 2. The number of fused-ring (bicyclic) bond motifs is 9. The maximum absolute atomic E-state index is 5.31. The molecule has 11 rings (SSSR count). The number of nitrogens with zero attached hydrogens (tertiary/aromatic N) is 3. The molecule has 0 N–H and O–H groups in total. The van der Waals surface area contributed by atoms with Crippen LogP contribution in [0.15, 0.2) is 198 Å². The van der Waals surface area contributed by atoms with E-state index in [1.54, 1.807) is 0 Å². The van der Waals surface area contributed by atoms with E-state index in [1.165, 1.54) is 69.2 Å². The van der Waals surface area contributed by atoms with Crippen LogP contribution in [-0.4, -0.2) is 11.7 Å². The number of benzene rings is 9. The molecule has 0 aliphatic carbocycles. The van der Waals surface area contributed by atoms with E-state index in [9.17, 15) is 0 Å². The molecule has 1 aliphatic rings. The molecular formula is C51H32N3S-. The van der Waals surface area contributed by atoms with Gasteiger partial charge in [-0.25, -0.2) is 0 Å². The molecule has 1 atom stereocenters. The van der Waals surface area contributed by atoms with Crippen LogP contribution in [0.4, 0.5) is 0 Å². The first-order valence-electron chi connectivity index (χ1n) is 18.6. The minimum absolute atomic E-state index is 0.439. The van der Waals surface area contributed by atoms with E-state index in [1.807, 2.05) is 35.6 Å². The molecule has 0 bridgehead atoms. The van der Waals surface area contributed by atoms with E-state index >= 15 is 0 Å². The van der Waals surface area contributed by atoms with Crippen LogP contribution in [0.25, 0.3) is 80.1 Å². The SMILES string of the molecule is c1ccc(C2=NC(c3cccc4sc5ccc(-c6ccc7c8ccccc8c8ccccc8c7c6)cc5c34)=NC(c3cccc(-c4ccccc4)c3)[N-]2)cc1. The summed E-state index contributed by atoms with van der Waals surface area (Å²) in [5, 5.41) is 15.2. The van der Waals surface area contributed by atoms with Crippen molar-refractivity contribution in [3.05, 3.63) is 210 Å². The molecular weight excluding hydrogens is 687 g/mol. The van der Waals surface area contributed by atoms with E-state index in [2.05, 4.69) is 164 Å². The second-order valence-corrected chi connectivity index (χ2v) is 15.2. The minimum Gasteiger partial charge on any atom is -0.438 e. The third kappa shape index (κ3) is 5.41. The molecule has 55 heavy (non-hydrogen) atoms. The van der Waals surface area contributed by atoms with Crippen LogP contribution in [0.2, 0.25) is 0 Å². The lowest BCUT2D eigenvalue weighted by Crippen LogP contribution is -2.16. The Morgan fingerprint density at radius 2 is 0.964 bits per heavy atom. The zero-order valence-electron chi connectivity index (χ0n) is 29.7. The lowest BCUT2D eigenvalue weighted by Gasteiger charge is -2.32. The van der Waals surface area contributed by atoms with Crippen LogP contribution >= 0.6 is 11.3 Å². The third-order valence-corrected chi connectivity index (χ3v) is 12.0. The van der Waals surface area contributed by atoms with Crippen molar-refractivity contribution in [1.82, 2.24) is 0 Å². The molecule has 0 saturated heterocycles. The van der Waals surface area contributed by atoms with Gasteiger partial charge in [0.1, 0.15) is 0 Å². The van der Waals surface area contributed by atoms with Crippen molar-refractivity contribution in [1.29, 1.82) is 0 Å². The molecule has 1 unspecified atom stereocenters. The first-order valence-corrected chi connectivity index (χ1v) is 19.4. The number of aliphatic imine (C=N–C) groups is 2. The van der Waals surface area contributed by atoms with Crippen molar-refractivity contribution < 1.29 is 0 Å². The lowest BCUT2D eigenvalue weighted by molar-refractivity contribution is 0.878. The summed E-state index contributed by atoms with van der Waals surface area (Å²) in [7, 11) is 0. The molecule has 1 aromatic heterocycles. The van der Waals surface area contributed by atoms with Gasteiger partial charge in [0.25, 0.3) is 0 Å². The van der Waals surface area contributed by atoms with Gasteiger partial charge in [-0.05, 0) is 96.0 Å². The van der Waals surface area contributed by atoms with Gasteiger partial charge in [-0.1, -0.05) is 164 Å². The Morgan fingerprint density at radius 1 is 0.400 bits per heavy atom. The van der Waals surface area contributed by atoms with Crippen molar-refractivity contribution >= 4 is 75.5 Å². The second kappa shape index (κ2) is 12.9. The standard InChI is InChI=1S/C51H32N3S/c1-3-13-32(14-4-1)34-17-11-18-37(29-34)50-52-49(33-15-5-2-6-16-33)53-51(54-50)43-23-12-24-47-48(43)45-31-36(26-28-46(45)55-47)35-25-27-42-40-21-8-7-19-38(40)39-20-9-10-22-41(39)44(42)30-35/h1-31,50H/q-1. The predicted octanol–water partition coefficient (Wildman–Crippen LogP) is 14.1. The summed E-state index contributed by atoms with van der Waals surface area (Å²) in [5.74, 6) is 1.39. The molecule has 0 fully saturated rings. The number of hydrogen-bond donors (Lipinski definition) is 0. The van der Waals surface area contributed by atoms with E-state index < -0.39 is 6.17 Å². The fraction of sp³-hybridized carbons (Fsp3) is 0.0196. The number of thiophene rings is 1. The maximum Gasteiger partial charge on any atom is 0.0822 e. The highest BCUT2D eigenvalue weighted by molar-refractivity contribution is 7.25. The molecule has 9 aromatic carbocycles. The highest BCUT2D eigenvalue weighted by Crippen LogP contribution is 2.42. The first-order chi connectivity index (χ1) is 27.2. The lowest BCUT2D eigenvalue weighted by atomic mass is 9.92. The molecule has 0 amide bonds. The van der Waals surface area contributed by atoms with Gasteiger partial charge in [-0.2, -0.15) is 0 Å². The van der Waals surface area contributed by atoms with Crippen LogP contribution < -0.4 is 0 Å². The Morgan fingerprint density at radius 3 is 1.69 bits per heavy atom. The predicted molar refractivity (Wildman–Crippen MR) is 235 cm³/mol. The highest BCUT2D eigenvalue weighted by Gasteiger charge is 2.18. The zero-order chi connectivity index (χ0) is 36.3. The highest BCUT2D eigenvalue weighted by atomic mass is 32.1. The topological polar surface area (TPSA) is 38.8 Å². The largest absolute Gasteiger partial charge is 0.438 e. The van der Waals surface area contributed by atoms with Gasteiger partial charge in [-0.15, -0.1) is 11.3 Å². The van der Waals surface area contributed by atoms with Gasteiger partial charge < -0.3 is 10.3 Å². The second-order valence-electron chi connectivity index (χ2n) is 14.1. The minimum atomic E-state index is -0.439. The van der Waals surface area contributed by atoms with Crippen molar-refractivity contribution in [3.63, 3.8) is 0 Å². The molecule has 1 aliphatic heterocycles. The molecule has 2 heterocycles. The maximum atomic E-state index is 5.31. The molecule has 0 saturated carbocycles. The Balaban J connectivity index is 1.08. The first kappa shape index (κ1) is 31.6. The summed E-state index contributed by atoms with van der Waals surface area (Å²) in [6.45, 7) is 0. The smallest absolute Gasteiger partial charge is 0.0822 e. The molecule has 10 aromatic rings. The van der Waals surface area contributed by atoms with Crippen LogP contribution in [0.5, 0.6) is 0 Å². The van der Waals surface area contributed by atoms with E-state index in [4.69, 9.17) is 15.3 Å². The quantitative estimate of drug-likeness (QED) is 0.159. The number of rotatable bonds is 5. The molecule has 0 spiro atoms. The van der Waals surface area contributed by atoms with E-state index in [0.29, 0.717) is 11.7 Å². The van der Waals surface area contributed by atoms with Crippen molar-refractivity contribution in [2.24, 2.45) is 9.98 Å². The fourth-order valence-electron chi connectivity index (χ4n) is 8.21. The average Bonchev–Trinajstić information content (AvgIpc) is 3.65. The molecule has 0 radical (unpaired) electrons. The average molecular weight is 719 g/mol. The van der Waals surface area contributed by atoms with Gasteiger partial charge in [0.2, 0.25) is 0 Å². The zero-order valence-corrected chi connectivity index (χ0v) is 30.5. The Kier molecular flexibility index (Phi) is 7.42. The van der Waals surface area contributed by atoms with E-state index in [0.717, 1.165) is 22.3 Å².